The number of urea groups is 1. The molecule has 3 aliphatic heterocycles. The van der Waals surface area contributed by atoms with Crippen molar-refractivity contribution in [3.8, 4) is 0 Å². The fraction of sp³-hybridized carbons (Fsp3) is 0.557. The third-order valence-corrected chi connectivity index (χ3v) is 20.6. The average molecular weight is 1130 g/mol. The lowest BCUT2D eigenvalue weighted by Gasteiger charge is -2.63. The van der Waals surface area contributed by atoms with Gasteiger partial charge in [-0.05, 0) is 148 Å². The van der Waals surface area contributed by atoms with Crippen molar-refractivity contribution in [2.45, 2.75) is 126 Å². The molecule has 0 bridgehead atoms. The molecule has 80 heavy (non-hydrogen) atoms. The zero-order valence-corrected chi connectivity index (χ0v) is 47.4. The van der Waals surface area contributed by atoms with Crippen LogP contribution in [0, 0.1) is 34.5 Å². The molecule has 6 N–H and O–H groups in total. The Balaban J connectivity index is 0.614. The maximum atomic E-state index is 13.5. The van der Waals surface area contributed by atoms with Gasteiger partial charge >= 0.3 is 23.9 Å². The van der Waals surface area contributed by atoms with Crippen LogP contribution in [0.3, 0.4) is 0 Å². The number of hydrogen-bond donors (Lipinski definition) is 6. The first-order chi connectivity index (χ1) is 38.6. The van der Waals surface area contributed by atoms with E-state index in [1.54, 1.807) is 60.7 Å². The second-order valence-corrected chi connectivity index (χ2v) is 24.9. The number of carbonyl (C=O) groups is 6. The molecule has 3 aromatic carbocycles. The fourth-order valence-electron chi connectivity index (χ4n) is 14.6. The Labute approximate surface area is 477 Å². The Morgan fingerprint density at radius 3 is 2.23 bits per heavy atom. The van der Waals surface area contributed by atoms with Gasteiger partial charge in [-0.3, -0.25) is 9.59 Å². The molecule has 4 saturated carbocycles. The molecule has 7 aliphatic rings. The number of hydrogen-bond acceptors (Lipinski definition) is 14. The maximum Gasteiger partial charge on any atom is 0.374 e. The number of benzene rings is 3. The molecule has 4 aliphatic carbocycles. The van der Waals surface area contributed by atoms with Gasteiger partial charge in [0.15, 0.2) is 10.9 Å². The number of ketones is 1. The van der Waals surface area contributed by atoms with E-state index < -0.39 is 23.0 Å². The van der Waals surface area contributed by atoms with E-state index in [-0.39, 0.29) is 83.0 Å². The summed E-state index contributed by atoms with van der Waals surface area (Å²) in [5.74, 6) is -0.578. The van der Waals surface area contributed by atoms with E-state index >= 15 is 0 Å². The van der Waals surface area contributed by atoms with Gasteiger partial charge in [0.2, 0.25) is 11.7 Å². The Bertz CT molecular complexity index is 2820. The van der Waals surface area contributed by atoms with Crippen LogP contribution in [-0.2, 0) is 33.3 Å². The van der Waals surface area contributed by atoms with E-state index in [9.17, 15) is 33.9 Å². The van der Waals surface area contributed by atoms with Gasteiger partial charge in [-0.1, -0.05) is 62.7 Å². The quantitative estimate of drug-likeness (QED) is 0.0140. The number of rotatable bonds is 22. The van der Waals surface area contributed by atoms with Crippen molar-refractivity contribution in [2.75, 3.05) is 57.2 Å². The van der Waals surface area contributed by atoms with Crippen LogP contribution >= 0.6 is 24.0 Å². The minimum Gasteiger partial charge on any atom is -0.459 e. The third-order valence-electron chi connectivity index (χ3n) is 18.9. The Kier molecular flexibility index (Phi) is 18.0. The average Bonchev–Trinajstić information content (AvgIpc) is 4.28. The summed E-state index contributed by atoms with van der Waals surface area (Å²) in [6, 6.07) is 22.5. The number of ether oxygens (including phenoxy) is 5. The molecule has 0 spiro atoms. The van der Waals surface area contributed by atoms with Gasteiger partial charge in [-0.15, -0.1) is 0 Å². The molecule has 17 nitrogen and oxygen atoms in total. The van der Waals surface area contributed by atoms with Gasteiger partial charge in [0.05, 0.1) is 55.2 Å². The summed E-state index contributed by atoms with van der Waals surface area (Å²) in [5, 5.41) is 29.0. The molecule has 2 saturated heterocycles. The highest BCUT2D eigenvalue weighted by molar-refractivity contribution is 8.00. The number of thiocarbonyl (C=S) groups is 1. The molecule has 3 heterocycles. The van der Waals surface area contributed by atoms with E-state index in [1.165, 1.54) is 12.1 Å². The first-order valence-electron chi connectivity index (χ1n) is 28.6. The smallest absolute Gasteiger partial charge is 0.374 e. The van der Waals surface area contributed by atoms with Crippen LogP contribution in [0.5, 0.6) is 0 Å². The molecule has 428 valence electrons. The zero-order valence-electron chi connectivity index (χ0n) is 45.7. The maximum absolute atomic E-state index is 13.5. The molecule has 10 rings (SSSR count). The normalized spacial score (nSPS) is 30.1. The standard InChI is InChI=1S/C61H75N5O12S2/c1-59-25-22-43(77-54(69)40-16-19-42(20-17-40)64-58(79)63-29-31-75-33-32-74-30-28-62-50(67)11-7-6-10-49-51-48(36-80-49)65-57(72)66-51)34-41(59)18-21-47-46(59)23-26-60(2)45(24-27-61(47,60)73)44-35-76-56(71)53(44)78-55(70)39-14-12-38(13-15-39)52(68)37-8-4-3-5-9-37/h3-5,8-9,12-17,19-20,41,43,45-49,51,73H,6-7,10-11,18,21-36H2,1-2H3,(H,62,67)(H2,63,64,79)(H2,65,66,72)/t41-,43+,45-,46+,47-,48+,49+,51+,59+,60-,61+/m1/s1. The summed E-state index contributed by atoms with van der Waals surface area (Å²) in [6.07, 6.45) is 10.1. The number of aliphatic hydroxyl groups is 1. The minimum atomic E-state index is -0.986. The number of unbranched alkanes of at least 4 members (excludes halogenated alkanes) is 1. The van der Waals surface area contributed by atoms with E-state index in [1.807, 2.05) is 17.8 Å². The number of carbonyl (C=O) groups excluding carboxylic acids is 6. The van der Waals surface area contributed by atoms with Gasteiger partial charge in [-0.25, -0.2) is 19.2 Å². The van der Waals surface area contributed by atoms with Crippen LogP contribution < -0.4 is 26.6 Å². The molecule has 3 aromatic rings. The number of amides is 3. The molecule has 19 heteroatoms. The van der Waals surface area contributed by atoms with Crippen molar-refractivity contribution >= 4 is 70.4 Å². The number of thioether (sulfide) groups is 1. The van der Waals surface area contributed by atoms with Crippen molar-refractivity contribution in [3.05, 3.63) is 112 Å². The second kappa shape index (κ2) is 25.1. The molecule has 6 fully saturated rings. The van der Waals surface area contributed by atoms with Crippen molar-refractivity contribution in [2.24, 2.45) is 34.5 Å². The van der Waals surface area contributed by atoms with Gasteiger partial charge in [0.1, 0.15) is 12.7 Å². The molecule has 0 unspecified atom stereocenters. The Hall–Kier alpha value is -5.86. The second-order valence-electron chi connectivity index (χ2n) is 23.3. The Morgan fingerprint density at radius 1 is 0.762 bits per heavy atom. The van der Waals surface area contributed by atoms with Crippen molar-refractivity contribution in [1.29, 1.82) is 0 Å². The predicted molar refractivity (Wildman–Crippen MR) is 305 cm³/mol. The van der Waals surface area contributed by atoms with E-state index in [0.29, 0.717) is 97.3 Å². The molecular formula is C61H75N5O12S2. The van der Waals surface area contributed by atoms with Gasteiger partial charge in [0, 0.05) is 58.3 Å². The summed E-state index contributed by atoms with van der Waals surface area (Å²) in [7, 11) is 0. The summed E-state index contributed by atoms with van der Waals surface area (Å²) >= 11 is 7.37. The van der Waals surface area contributed by atoms with Crippen LogP contribution in [0.25, 0.3) is 0 Å². The summed E-state index contributed by atoms with van der Waals surface area (Å²) < 4.78 is 28.8. The lowest BCUT2D eigenvalue weighted by atomic mass is 9.43. The molecular weight excluding hydrogens is 1060 g/mol. The van der Waals surface area contributed by atoms with E-state index in [0.717, 1.165) is 75.6 Å². The number of nitrogens with one attached hydrogen (secondary N) is 5. The molecule has 3 amide bonds. The van der Waals surface area contributed by atoms with Gasteiger partial charge in [-0.2, -0.15) is 11.8 Å². The number of esters is 3. The highest BCUT2D eigenvalue weighted by atomic mass is 32.2. The lowest BCUT2D eigenvalue weighted by Crippen LogP contribution is -2.62. The first kappa shape index (κ1) is 57.4. The summed E-state index contributed by atoms with van der Waals surface area (Å²) in [6.45, 7) is 7.11. The highest BCUT2D eigenvalue weighted by Gasteiger charge is 2.68. The lowest BCUT2D eigenvalue weighted by molar-refractivity contribution is -0.208. The zero-order chi connectivity index (χ0) is 56.0. The number of anilines is 1. The van der Waals surface area contributed by atoms with Crippen LogP contribution in [0.15, 0.2) is 90.2 Å². The summed E-state index contributed by atoms with van der Waals surface area (Å²) in [5.41, 5.74) is 1.41. The predicted octanol–water partition coefficient (Wildman–Crippen LogP) is 8.05. The van der Waals surface area contributed by atoms with Crippen molar-refractivity contribution in [1.82, 2.24) is 21.3 Å². The van der Waals surface area contributed by atoms with Gasteiger partial charge in [0.25, 0.3) is 0 Å². The minimum absolute atomic E-state index is 0.0118. The first-order valence-corrected chi connectivity index (χ1v) is 30.1. The van der Waals surface area contributed by atoms with Crippen molar-refractivity contribution < 1.29 is 57.6 Å². The highest BCUT2D eigenvalue weighted by Crippen LogP contribution is 2.70. The third kappa shape index (κ3) is 12.3. The fourth-order valence-corrected chi connectivity index (χ4v) is 16.3. The van der Waals surface area contributed by atoms with Gasteiger partial charge < -0.3 is 55.4 Å². The molecule has 0 aromatic heterocycles. The number of cyclic esters (lactones) is 1. The SMILES string of the molecule is C[C@]12CC[C@H](OC(=O)c3ccc(NC(=S)NCCOCCOCCNC(=O)CCCC[C@@H]4SC[C@@H]5NC(=O)N[C@@H]54)cc3)C[C@H]1CC[C@@H]1[C@@H]2CC[C@]2(C)[C@@H](C3=C(OC(=O)c4ccc(C(=O)c5ccccc5)cc4)C(=O)OC3)CC[C@]12O. The number of fused-ring (bicyclic) bond motifs is 6. The van der Waals surface area contributed by atoms with Crippen LogP contribution in [0.4, 0.5) is 10.5 Å². The Morgan fingerprint density at radius 2 is 1.46 bits per heavy atom. The monoisotopic (exact) mass is 1130 g/mol. The molecule has 11 atom stereocenters. The van der Waals surface area contributed by atoms with E-state index in [4.69, 9.17) is 35.9 Å². The van der Waals surface area contributed by atoms with Crippen LogP contribution in [0.2, 0.25) is 0 Å². The largest absolute Gasteiger partial charge is 0.459 e. The van der Waals surface area contributed by atoms with Crippen molar-refractivity contribution in [3.63, 3.8) is 0 Å². The topological polar surface area (TPSA) is 229 Å². The molecule has 0 radical (unpaired) electrons. The van der Waals surface area contributed by atoms with Crippen LogP contribution in [0.1, 0.15) is 134 Å². The van der Waals surface area contributed by atoms with E-state index in [2.05, 4.69) is 40.4 Å². The summed E-state index contributed by atoms with van der Waals surface area (Å²) in [4.78, 5) is 77.0. The van der Waals surface area contributed by atoms with Crippen LogP contribution in [-0.4, -0.2) is 127 Å².